The number of hydrogen-bond acceptors (Lipinski definition) is 2. The normalized spacial score (nSPS) is 20.1. The van der Waals surface area contributed by atoms with Crippen LogP contribution in [0.4, 0.5) is 0 Å². The lowest BCUT2D eigenvalue weighted by Crippen LogP contribution is -2.28. The van der Waals surface area contributed by atoms with E-state index in [1.807, 2.05) is 19.1 Å². The van der Waals surface area contributed by atoms with E-state index < -0.39 is 5.60 Å². The van der Waals surface area contributed by atoms with E-state index in [0.717, 1.165) is 31.2 Å². The van der Waals surface area contributed by atoms with Crippen LogP contribution in [-0.2, 0) is 5.60 Å². The molecule has 0 aliphatic heterocycles. The number of aromatic hydroxyl groups is 1. The molecule has 0 radical (unpaired) electrons. The van der Waals surface area contributed by atoms with Crippen LogP contribution in [0.5, 0.6) is 5.75 Å². The average Bonchev–Trinajstić information content (AvgIpc) is 2.23. The van der Waals surface area contributed by atoms with Crippen LogP contribution in [-0.4, -0.2) is 10.2 Å². The zero-order chi connectivity index (χ0) is 10.9. The van der Waals surface area contributed by atoms with Gasteiger partial charge < -0.3 is 10.2 Å². The maximum atomic E-state index is 10.5. The molecular formula is C13H18O2. The molecule has 2 N–H and O–H groups in total. The Hall–Kier alpha value is -1.02. The summed E-state index contributed by atoms with van der Waals surface area (Å²) in [7, 11) is 0. The van der Waals surface area contributed by atoms with Crippen LogP contribution in [0.25, 0.3) is 0 Å². The fourth-order valence-electron chi connectivity index (χ4n) is 2.43. The highest BCUT2D eigenvalue weighted by Crippen LogP contribution is 2.40. The Balaban J connectivity index is 2.38. The van der Waals surface area contributed by atoms with Crippen molar-refractivity contribution < 1.29 is 10.2 Å². The van der Waals surface area contributed by atoms with Gasteiger partial charge >= 0.3 is 0 Å². The Labute approximate surface area is 90.6 Å². The summed E-state index contributed by atoms with van der Waals surface area (Å²) in [5.41, 5.74) is 0.998. The van der Waals surface area contributed by atoms with Crippen LogP contribution in [0, 0.1) is 6.92 Å². The molecular weight excluding hydrogens is 188 g/mol. The van der Waals surface area contributed by atoms with E-state index in [1.54, 1.807) is 6.07 Å². The summed E-state index contributed by atoms with van der Waals surface area (Å²) >= 11 is 0. The van der Waals surface area contributed by atoms with Gasteiger partial charge in [-0.15, -0.1) is 0 Å². The van der Waals surface area contributed by atoms with Gasteiger partial charge in [-0.2, -0.15) is 0 Å². The van der Waals surface area contributed by atoms with Crippen molar-refractivity contribution in [2.24, 2.45) is 0 Å². The second kappa shape index (κ2) is 3.86. The van der Waals surface area contributed by atoms with Crippen LogP contribution in [0.15, 0.2) is 18.2 Å². The number of hydrogen-bond donors (Lipinski definition) is 2. The van der Waals surface area contributed by atoms with Gasteiger partial charge in [-0.3, -0.25) is 0 Å². The van der Waals surface area contributed by atoms with E-state index in [2.05, 4.69) is 0 Å². The van der Waals surface area contributed by atoms with E-state index in [0.29, 0.717) is 5.56 Å². The summed E-state index contributed by atoms with van der Waals surface area (Å²) in [6.45, 7) is 1.98. The Morgan fingerprint density at radius 3 is 2.47 bits per heavy atom. The van der Waals surface area contributed by atoms with Crippen molar-refractivity contribution in [3.05, 3.63) is 29.3 Å². The van der Waals surface area contributed by atoms with Gasteiger partial charge in [0.15, 0.2) is 0 Å². The molecule has 1 aromatic rings. The van der Waals surface area contributed by atoms with E-state index in [1.165, 1.54) is 6.42 Å². The Morgan fingerprint density at radius 2 is 1.80 bits per heavy atom. The Morgan fingerprint density at radius 1 is 1.13 bits per heavy atom. The second-order valence-electron chi connectivity index (χ2n) is 4.61. The number of rotatable bonds is 1. The lowest BCUT2D eigenvalue weighted by molar-refractivity contribution is -0.00256. The van der Waals surface area contributed by atoms with Gasteiger partial charge in [0.25, 0.3) is 0 Å². The highest BCUT2D eigenvalue weighted by Gasteiger charge is 2.33. The monoisotopic (exact) mass is 206 g/mol. The third-order valence-corrected chi connectivity index (χ3v) is 3.33. The minimum atomic E-state index is -0.797. The molecule has 82 valence electrons. The lowest BCUT2D eigenvalue weighted by atomic mass is 9.79. The number of phenolic OH excluding ortho intramolecular Hbond substituents is 1. The largest absolute Gasteiger partial charge is 0.508 e. The van der Waals surface area contributed by atoms with Crippen molar-refractivity contribution in [3.8, 4) is 5.75 Å². The van der Waals surface area contributed by atoms with Crippen molar-refractivity contribution in [3.63, 3.8) is 0 Å². The molecule has 0 bridgehead atoms. The van der Waals surface area contributed by atoms with Crippen LogP contribution >= 0.6 is 0 Å². The number of benzene rings is 1. The molecule has 1 fully saturated rings. The third kappa shape index (κ3) is 2.00. The highest BCUT2D eigenvalue weighted by molar-refractivity contribution is 5.40. The maximum absolute atomic E-state index is 10.5. The highest BCUT2D eigenvalue weighted by atomic mass is 16.3. The Kier molecular flexibility index (Phi) is 2.70. The number of aryl methyl sites for hydroxylation is 1. The Bertz CT molecular complexity index is 352. The van der Waals surface area contributed by atoms with Gasteiger partial charge in [0, 0.05) is 5.56 Å². The summed E-state index contributed by atoms with van der Waals surface area (Å²) < 4.78 is 0. The van der Waals surface area contributed by atoms with Gasteiger partial charge in [-0.1, -0.05) is 30.9 Å². The first-order valence-corrected chi connectivity index (χ1v) is 5.64. The summed E-state index contributed by atoms with van der Waals surface area (Å²) in [6, 6.07) is 5.45. The molecule has 2 heteroatoms. The molecule has 0 saturated heterocycles. The van der Waals surface area contributed by atoms with E-state index in [-0.39, 0.29) is 5.75 Å². The first-order chi connectivity index (χ1) is 7.12. The lowest BCUT2D eigenvalue weighted by Gasteiger charge is -2.33. The minimum absolute atomic E-state index is 0.227. The average molecular weight is 206 g/mol. The van der Waals surface area contributed by atoms with Crippen molar-refractivity contribution in [1.82, 2.24) is 0 Å². The van der Waals surface area contributed by atoms with Gasteiger partial charge in [0.1, 0.15) is 5.75 Å². The van der Waals surface area contributed by atoms with Crippen LogP contribution in [0.3, 0.4) is 0 Å². The van der Waals surface area contributed by atoms with Crippen LogP contribution in [0.2, 0.25) is 0 Å². The van der Waals surface area contributed by atoms with Crippen molar-refractivity contribution in [2.75, 3.05) is 0 Å². The van der Waals surface area contributed by atoms with Crippen LogP contribution < -0.4 is 0 Å². The summed E-state index contributed by atoms with van der Waals surface area (Å²) in [5, 5.41) is 20.3. The van der Waals surface area contributed by atoms with E-state index in [4.69, 9.17) is 0 Å². The van der Waals surface area contributed by atoms with Crippen molar-refractivity contribution >= 4 is 0 Å². The predicted octanol–water partition coefficient (Wildman–Crippen LogP) is 2.85. The standard InChI is InChI=1S/C13H18O2/c1-10-5-6-12(14)11(9-10)13(15)7-3-2-4-8-13/h5-6,9,14-15H,2-4,7-8H2,1H3. The summed E-state index contributed by atoms with van der Waals surface area (Å²) in [4.78, 5) is 0. The second-order valence-corrected chi connectivity index (χ2v) is 4.61. The zero-order valence-electron chi connectivity index (χ0n) is 9.16. The minimum Gasteiger partial charge on any atom is -0.508 e. The fraction of sp³-hybridized carbons (Fsp3) is 0.538. The topological polar surface area (TPSA) is 40.5 Å². The first-order valence-electron chi connectivity index (χ1n) is 5.64. The molecule has 0 aromatic heterocycles. The molecule has 0 atom stereocenters. The zero-order valence-corrected chi connectivity index (χ0v) is 9.16. The van der Waals surface area contributed by atoms with E-state index in [9.17, 15) is 10.2 Å². The van der Waals surface area contributed by atoms with Crippen molar-refractivity contribution in [2.45, 2.75) is 44.6 Å². The molecule has 15 heavy (non-hydrogen) atoms. The SMILES string of the molecule is Cc1ccc(O)c(C2(O)CCCCC2)c1. The van der Waals surface area contributed by atoms with Crippen molar-refractivity contribution in [1.29, 1.82) is 0 Å². The maximum Gasteiger partial charge on any atom is 0.121 e. The molecule has 2 rings (SSSR count). The summed E-state index contributed by atoms with van der Waals surface area (Å²) in [6.07, 6.45) is 4.82. The molecule has 1 saturated carbocycles. The molecule has 0 spiro atoms. The quantitative estimate of drug-likeness (QED) is 0.741. The van der Waals surface area contributed by atoms with Gasteiger partial charge in [0.05, 0.1) is 5.60 Å². The van der Waals surface area contributed by atoms with Crippen LogP contribution in [0.1, 0.15) is 43.2 Å². The molecule has 2 nitrogen and oxygen atoms in total. The molecule has 0 unspecified atom stereocenters. The molecule has 0 amide bonds. The number of phenols is 1. The molecule has 0 heterocycles. The smallest absolute Gasteiger partial charge is 0.121 e. The fourth-order valence-corrected chi connectivity index (χ4v) is 2.43. The van der Waals surface area contributed by atoms with Gasteiger partial charge in [-0.05, 0) is 31.9 Å². The molecule has 1 aromatic carbocycles. The molecule has 1 aliphatic carbocycles. The van der Waals surface area contributed by atoms with E-state index >= 15 is 0 Å². The third-order valence-electron chi connectivity index (χ3n) is 3.33. The summed E-state index contributed by atoms with van der Waals surface area (Å²) in [5.74, 6) is 0.227. The van der Waals surface area contributed by atoms with Gasteiger partial charge in [-0.25, -0.2) is 0 Å². The van der Waals surface area contributed by atoms with Gasteiger partial charge in [0.2, 0.25) is 0 Å². The molecule has 1 aliphatic rings. The predicted molar refractivity (Wildman–Crippen MR) is 59.8 cm³/mol. The first kappa shape index (κ1) is 10.5. The number of aliphatic hydroxyl groups is 1.